The van der Waals surface area contributed by atoms with Crippen LogP contribution in [0.5, 0.6) is 0 Å². The van der Waals surface area contributed by atoms with Crippen LogP contribution in [-0.4, -0.2) is 74.4 Å². The molecule has 2 heterocycles. The average Bonchev–Trinajstić information content (AvgIpc) is 2.87. The summed E-state index contributed by atoms with van der Waals surface area (Å²) < 4.78 is 5.42. The molecular formula is C13H27N3O. The van der Waals surface area contributed by atoms with Crippen molar-refractivity contribution in [3.63, 3.8) is 0 Å². The zero-order valence-electron chi connectivity index (χ0n) is 11.5. The minimum atomic E-state index is 0.568. The fraction of sp³-hybridized carbons (Fsp3) is 1.00. The predicted molar refractivity (Wildman–Crippen MR) is 70.4 cm³/mol. The second-order valence-electron chi connectivity index (χ2n) is 5.40. The summed E-state index contributed by atoms with van der Waals surface area (Å²) >= 11 is 0. The highest BCUT2D eigenvalue weighted by atomic mass is 16.5. The van der Waals surface area contributed by atoms with E-state index in [2.05, 4.69) is 36.0 Å². The van der Waals surface area contributed by atoms with Gasteiger partial charge in [-0.15, -0.1) is 0 Å². The Hall–Kier alpha value is -0.160. The van der Waals surface area contributed by atoms with E-state index in [1.165, 1.54) is 19.5 Å². The van der Waals surface area contributed by atoms with Gasteiger partial charge in [-0.2, -0.15) is 0 Å². The van der Waals surface area contributed by atoms with Gasteiger partial charge in [0.15, 0.2) is 0 Å². The first-order valence-electron chi connectivity index (χ1n) is 6.95. The van der Waals surface area contributed by atoms with Crippen LogP contribution < -0.4 is 5.32 Å². The Balaban J connectivity index is 1.82. The summed E-state index contributed by atoms with van der Waals surface area (Å²) in [5, 5.41) is 3.36. The number of likely N-dealkylation sites (tertiary alicyclic amines) is 1. The Morgan fingerprint density at radius 1 is 1.18 bits per heavy atom. The third-order valence-electron chi connectivity index (χ3n) is 4.51. The summed E-state index contributed by atoms with van der Waals surface area (Å²) in [5.74, 6) is 0. The summed E-state index contributed by atoms with van der Waals surface area (Å²) in [6, 6.07) is 1.95. The second-order valence-corrected chi connectivity index (χ2v) is 5.40. The SMILES string of the molecule is CNC(C)C(C)N1CCC(N2CCOCC2)C1. The number of morpholine rings is 1. The fourth-order valence-corrected chi connectivity index (χ4v) is 2.94. The van der Waals surface area contributed by atoms with Crippen molar-refractivity contribution in [1.82, 2.24) is 15.1 Å². The van der Waals surface area contributed by atoms with Crippen LogP contribution in [0.3, 0.4) is 0 Å². The predicted octanol–water partition coefficient (Wildman–Crippen LogP) is 0.389. The van der Waals surface area contributed by atoms with Crippen LogP contribution in [0.1, 0.15) is 20.3 Å². The van der Waals surface area contributed by atoms with Crippen molar-refractivity contribution in [3.8, 4) is 0 Å². The van der Waals surface area contributed by atoms with E-state index in [4.69, 9.17) is 4.74 Å². The van der Waals surface area contributed by atoms with Crippen LogP contribution in [0.2, 0.25) is 0 Å². The van der Waals surface area contributed by atoms with Crippen LogP contribution in [0.25, 0.3) is 0 Å². The fourth-order valence-electron chi connectivity index (χ4n) is 2.94. The number of nitrogens with one attached hydrogen (secondary N) is 1. The van der Waals surface area contributed by atoms with Crippen LogP contribution in [0.15, 0.2) is 0 Å². The lowest BCUT2D eigenvalue weighted by atomic mass is 10.1. The lowest BCUT2D eigenvalue weighted by Crippen LogP contribution is -2.48. The molecule has 3 atom stereocenters. The summed E-state index contributed by atoms with van der Waals surface area (Å²) in [7, 11) is 2.05. The first-order valence-corrected chi connectivity index (χ1v) is 6.95. The molecule has 2 fully saturated rings. The van der Waals surface area contributed by atoms with Gasteiger partial charge in [0.25, 0.3) is 0 Å². The van der Waals surface area contributed by atoms with Crippen molar-refractivity contribution < 1.29 is 4.74 Å². The molecule has 17 heavy (non-hydrogen) atoms. The molecule has 0 saturated carbocycles. The average molecular weight is 241 g/mol. The lowest BCUT2D eigenvalue weighted by molar-refractivity contribution is 0.0174. The zero-order valence-corrected chi connectivity index (χ0v) is 11.5. The van der Waals surface area contributed by atoms with E-state index in [0.29, 0.717) is 12.1 Å². The molecule has 0 aromatic heterocycles. The van der Waals surface area contributed by atoms with Crippen LogP contribution in [0, 0.1) is 0 Å². The van der Waals surface area contributed by atoms with E-state index in [0.717, 1.165) is 32.3 Å². The quantitative estimate of drug-likeness (QED) is 0.770. The third-order valence-corrected chi connectivity index (χ3v) is 4.51. The molecule has 0 aromatic carbocycles. The summed E-state index contributed by atoms with van der Waals surface area (Å²) in [4.78, 5) is 5.24. The molecule has 0 amide bonds. The highest BCUT2D eigenvalue weighted by Crippen LogP contribution is 2.20. The maximum Gasteiger partial charge on any atom is 0.0594 e. The molecule has 3 unspecified atom stereocenters. The van der Waals surface area contributed by atoms with Crippen molar-refractivity contribution in [2.75, 3.05) is 46.4 Å². The Morgan fingerprint density at radius 3 is 2.53 bits per heavy atom. The van der Waals surface area contributed by atoms with Crippen molar-refractivity contribution in [2.45, 2.75) is 38.4 Å². The van der Waals surface area contributed by atoms with Gasteiger partial charge in [0.05, 0.1) is 13.2 Å². The van der Waals surface area contributed by atoms with Crippen molar-refractivity contribution in [1.29, 1.82) is 0 Å². The van der Waals surface area contributed by atoms with Crippen LogP contribution in [-0.2, 0) is 4.74 Å². The van der Waals surface area contributed by atoms with Gasteiger partial charge in [-0.25, -0.2) is 0 Å². The molecule has 100 valence electrons. The van der Waals surface area contributed by atoms with Crippen LogP contribution in [0.4, 0.5) is 0 Å². The maximum atomic E-state index is 5.42. The zero-order chi connectivity index (χ0) is 12.3. The van der Waals surface area contributed by atoms with E-state index in [9.17, 15) is 0 Å². The topological polar surface area (TPSA) is 27.7 Å². The minimum Gasteiger partial charge on any atom is -0.379 e. The third kappa shape index (κ3) is 3.19. The number of likely N-dealkylation sites (N-methyl/N-ethyl adjacent to an activating group) is 1. The summed E-state index contributed by atoms with van der Waals surface area (Å²) in [6.45, 7) is 11.2. The maximum absolute atomic E-state index is 5.42. The molecule has 4 heteroatoms. The summed E-state index contributed by atoms with van der Waals surface area (Å²) in [5.41, 5.74) is 0. The first-order chi connectivity index (χ1) is 8.22. The summed E-state index contributed by atoms with van der Waals surface area (Å²) in [6.07, 6.45) is 1.32. The Bertz CT molecular complexity index is 223. The molecule has 1 N–H and O–H groups in total. The van der Waals surface area contributed by atoms with Gasteiger partial charge in [0.1, 0.15) is 0 Å². The van der Waals surface area contributed by atoms with E-state index >= 15 is 0 Å². The highest BCUT2D eigenvalue weighted by Gasteiger charge is 2.32. The smallest absolute Gasteiger partial charge is 0.0594 e. The number of hydrogen-bond acceptors (Lipinski definition) is 4. The number of rotatable bonds is 4. The van der Waals surface area contributed by atoms with Gasteiger partial charge in [-0.05, 0) is 27.3 Å². The molecule has 2 saturated heterocycles. The molecule has 4 nitrogen and oxygen atoms in total. The molecule has 2 aliphatic rings. The highest BCUT2D eigenvalue weighted by molar-refractivity contribution is 4.89. The van der Waals surface area contributed by atoms with Crippen molar-refractivity contribution >= 4 is 0 Å². The number of hydrogen-bond donors (Lipinski definition) is 1. The van der Waals surface area contributed by atoms with Crippen molar-refractivity contribution in [3.05, 3.63) is 0 Å². The van der Waals surface area contributed by atoms with Gasteiger partial charge >= 0.3 is 0 Å². The molecule has 0 aliphatic carbocycles. The normalized spacial score (nSPS) is 31.6. The molecule has 0 aromatic rings. The molecular weight excluding hydrogens is 214 g/mol. The van der Waals surface area contributed by atoms with E-state index in [-0.39, 0.29) is 0 Å². The molecule has 2 aliphatic heterocycles. The second kappa shape index (κ2) is 6.14. The largest absolute Gasteiger partial charge is 0.379 e. The van der Waals surface area contributed by atoms with Gasteiger partial charge in [0.2, 0.25) is 0 Å². The Labute approximate surface area is 105 Å². The molecule has 2 rings (SSSR count). The van der Waals surface area contributed by atoms with Crippen molar-refractivity contribution in [2.24, 2.45) is 0 Å². The van der Waals surface area contributed by atoms with E-state index in [1.807, 2.05) is 0 Å². The number of nitrogens with zero attached hydrogens (tertiary/aromatic N) is 2. The molecule has 0 bridgehead atoms. The number of ether oxygens (including phenoxy) is 1. The first kappa shape index (κ1) is 13.3. The minimum absolute atomic E-state index is 0.568. The van der Waals surface area contributed by atoms with E-state index < -0.39 is 0 Å². The Kier molecular flexibility index (Phi) is 4.79. The van der Waals surface area contributed by atoms with Crippen LogP contribution >= 0.6 is 0 Å². The Morgan fingerprint density at radius 2 is 1.88 bits per heavy atom. The van der Waals surface area contributed by atoms with E-state index in [1.54, 1.807) is 0 Å². The van der Waals surface area contributed by atoms with Gasteiger partial charge in [0, 0.05) is 44.3 Å². The van der Waals surface area contributed by atoms with Gasteiger partial charge in [-0.1, -0.05) is 0 Å². The lowest BCUT2D eigenvalue weighted by Gasteiger charge is -2.34. The monoisotopic (exact) mass is 241 g/mol. The molecule has 0 radical (unpaired) electrons. The molecule has 0 spiro atoms. The standard InChI is InChI=1S/C13H27N3O/c1-11(14-3)12(2)16-5-4-13(10-16)15-6-8-17-9-7-15/h11-14H,4-10H2,1-3H3. The van der Waals surface area contributed by atoms with Gasteiger partial charge in [-0.3, -0.25) is 9.80 Å². The van der Waals surface area contributed by atoms with Gasteiger partial charge < -0.3 is 10.1 Å².